The van der Waals surface area contributed by atoms with Crippen molar-refractivity contribution in [1.29, 1.82) is 0 Å². The maximum atomic E-state index is 12.8. The zero-order valence-electron chi connectivity index (χ0n) is 12.4. The van der Waals surface area contributed by atoms with Crippen LogP contribution in [0.2, 0.25) is 0 Å². The van der Waals surface area contributed by atoms with E-state index in [1.54, 1.807) is 10.4 Å². The SMILES string of the molecule is CNCc1csc(S(=O)(=O)N(CCC(C)C)C2CC2)c1. The fraction of sp³-hybridized carbons (Fsp3) is 0.714. The molecule has 6 heteroatoms. The van der Waals surface area contributed by atoms with Crippen LogP contribution in [-0.4, -0.2) is 32.4 Å². The van der Waals surface area contributed by atoms with Gasteiger partial charge in [-0.3, -0.25) is 0 Å². The Labute approximate surface area is 126 Å². The molecule has 0 spiro atoms. The van der Waals surface area contributed by atoms with Gasteiger partial charge in [0.25, 0.3) is 10.0 Å². The highest BCUT2D eigenvalue weighted by molar-refractivity contribution is 7.91. The Hall–Kier alpha value is -0.430. The van der Waals surface area contributed by atoms with Gasteiger partial charge in [0, 0.05) is 19.1 Å². The van der Waals surface area contributed by atoms with Gasteiger partial charge in [-0.1, -0.05) is 13.8 Å². The second kappa shape index (κ2) is 6.56. The van der Waals surface area contributed by atoms with E-state index >= 15 is 0 Å². The molecule has 114 valence electrons. The molecular formula is C14H24N2O2S2. The molecule has 0 bridgehead atoms. The average molecular weight is 316 g/mol. The Bertz CT molecular complexity index is 533. The average Bonchev–Trinajstić information content (AvgIpc) is 3.07. The largest absolute Gasteiger partial charge is 0.316 e. The summed E-state index contributed by atoms with van der Waals surface area (Å²) < 4.78 is 27.7. The Morgan fingerprint density at radius 1 is 1.45 bits per heavy atom. The zero-order chi connectivity index (χ0) is 14.8. The summed E-state index contributed by atoms with van der Waals surface area (Å²) in [5.41, 5.74) is 1.04. The first-order chi connectivity index (χ1) is 9.45. The van der Waals surface area contributed by atoms with Gasteiger partial charge < -0.3 is 5.32 Å². The van der Waals surface area contributed by atoms with Gasteiger partial charge in [-0.15, -0.1) is 11.3 Å². The highest BCUT2D eigenvalue weighted by Crippen LogP contribution is 2.34. The van der Waals surface area contributed by atoms with Crippen LogP contribution in [0.4, 0.5) is 0 Å². The molecule has 1 N–H and O–H groups in total. The molecule has 1 fully saturated rings. The molecule has 1 aromatic rings. The number of sulfonamides is 1. The van der Waals surface area contributed by atoms with E-state index < -0.39 is 10.0 Å². The highest BCUT2D eigenvalue weighted by atomic mass is 32.2. The third-order valence-corrected chi connectivity index (χ3v) is 6.87. The van der Waals surface area contributed by atoms with E-state index in [4.69, 9.17) is 0 Å². The molecule has 1 heterocycles. The number of rotatable bonds is 8. The number of hydrogen-bond donors (Lipinski definition) is 1. The fourth-order valence-corrected chi connectivity index (χ4v) is 5.18. The topological polar surface area (TPSA) is 49.4 Å². The van der Waals surface area contributed by atoms with Crippen molar-refractivity contribution in [2.24, 2.45) is 5.92 Å². The predicted octanol–water partition coefficient (Wildman–Crippen LogP) is 2.67. The van der Waals surface area contributed by atoms with Crippen molar-refractivity contribution in [3.05, 3.63) is 17.0 Å². The van der Waals surface area contributed by atoms with Crippen molar-refractivity contribution in [2.45, 2.75) is 49.9 Å². The first-order valence-corrected chi connectivity index (χ1v) is 9.51. The molecule has 2 rings (SSSR count). The Morgan fingerprint density at radius 2 is 2.15 bits per heavy atom. The molecule has 0 radical (unpaired) electrons. The van der Waals surface area contributed by atoms with Gasteiger partial charge in [0.05, 0.1) is 0 Å². The number of thiophene rings is 1. The molecule has 1 aliphatic rings. The number of nitrogens with zero attached hydrogens (tertiary/aromatic N) is 1. The van der Waals surface area contributed by atoms with Crippen LogP contribution in [-0.2, 0) is 16.6 Å². The van der Waals surface area contributed by atoms with E-state index in [0.29, 0.717) is 23.2 Å². The minimum absolute atomic E-state index is 0.230. The van der Waals surface area contributed by atoms with Crippen LogP contribution in [0.3, 0.4) is 0 Å². The van der Waals surface area contributed by atoms with Crippen molar-refractivity contribution in [2.75, 3.05) is 13.6 Å². The molecular weight excluding hydrogens is 292 g/mol. The third kappa shape index (κ3) is 3.81. The van der Waals surface area contributed by atoms with Crippen molar-refractivity contribution in [1.82, 2.24) is 9.62 Å². The van der Waals surface area contributed by atoms with Gasteiger partial charge in [-0.2, -0.15) is 4.31 Å². The van der Waals surface area contributed by atoms with E-state index in [-0.39, 0.29) is 6.04 Å². The molecule has 1 saturated carbocycles. The van der Waals surface area contributed by atoms with Gasteiger partial charge in [0.15, 0.2) is 0 Å². The molecule has 0 aromatic carbocycles. The van der Waals surface area contributed by atoms with Gasteiger partial charge >= 0.3 is 0 Å². The zero-order valence-corrected chi connectivity index (χ0v) is 14.1. The maximum absolute atomic E-state index is 12.8. The summed E-state index contributed by atoms with van der Waals surface area (Å²) >= 11 is 1.33. The van der Waals surface area contributed by atoms with E-state index in [1.807, 2.05) is 12.4 Å². The molecule has 0 aliphatic heterocycles. The molecule has 0 amide bonds. The second-order valence-corrected chi connectivity index (χ2v) is 8.86. The predicted molar refractivity (Wildman–Crippen MR) is 83.5 cm³/mol. The highest BCUT2D eigenvalue weighted by Gasteiger charge is 2.38. The first kappa shape index (κ1) is 15.9. The van der Waals surface area contributed by atoms with Gasteiger partial charge in [-0.05, 0) is 49.2 Å². The van der Waals surface area contributed by atoms with E-state index in [0.717, 1.165) is 24.8 Å². The minimum Gasteiger partial charge on any atom is -0.316 e. The first-order valence-electron chi connectivity index (χ1n) is 7.19. The van der Waals surface area contributed by atoms with E-state index in [9.17, 15) is 8.42 Å². The molecule has 0 atom stereocenters. The van der Waals surface area contributed by atoms with Crippen LogP contribution in [0.5, 0.6) is 0 Å². The van der Waals surface area contributed by atoms with Crippen molar-refractivity contribution in [3.8, 4) is 0 Å². The molecule has 0 unspecified atom stereocenters. The quantitative estimate of drug-likeness (QED) is 0.802. The van der Waals surface area contributed by atoms with Crippen LogP contribution in [0, 0.1) is 5.92 Å². The number of hydrogen-bond acceptors (Lipinski definition) is 4. The van der Waals surface area contributed by atoms with Gasteiger partial charge in [-0.25, -0.2) is 8.42 Å². The lowest BCUT2D eigenvalue weighted by Gasteiger charge is -2.21. The Balaban J connectivity index is 2.16. The lowest BCUT2D eigenvalue weighted by Crippen LogP contribution is -2.34. The summed E-state index contributed by atoms with van der Waals surface area (Å²) in [5, 5.41) is 4.98. The normalized spacial score (nSPS) is 16.2. The summed E-state index contributed by atoms with van der Waals surface area (Å²) in [6, 6.07) is 2.04. The van der Waals surface area contributed by atoms with Crippen LogP contribution in [0.25, 0.3) is 0 Å². The van der Waals surface area contributed by atoms with Crippen LogP contribution < -0.4 is 5.32 Å². The van der Waals surface area contributed by atoms with Gasteiger partial charge in [0.2, 0.25) is 0 Å². The Kier molecular flexibility index (Phi) is 5.23. The molecule has 20 heavy (non-hydrogen) atoms. The summed E-state index contributed by atoms with van der Waals surface area (Å²) in [6.45, 7) is 5.62. The smallest absolute Gasteiger partial charge is 0.252 e. The van der Waals surface area contributed by atoms with Crippen molar-refractivity contribution < 1.29 is 8.42 Å². The summed E-state index contributed by atoms with van der Waals surface area (Å²) in [5.74, 6) is 0.523. The standard InChI is InChI=1S/C14H24N2O2S2/c1-11(2)6-7-16(13-4-5-13)20(17,18)14-8-12(9-15-3)10-19-14/h8,10-11,13,15H,4-7,9H2,1-3H3. The third-order valence-electron chi connectivity index (χ3n) is 3.45. The lowest BCUT2D eigenvalue weighted by atomic mass is 10.1. The van der Waals surface area contributed by atoms with Crippen molar-refractivity contribution >= 4 is 21.4 Å². The second-order valence-electron chi connectivity index (χ2n) is 5.83. The summed E-state index contributed by atoms with van der Waals surface area (Å²) in [6.07, 6.45) is 2.93. The van der Waals surface area contributed by atoms with Crippen LogP contribution in [0.1, 0.15) is 38.7 Å². The fourth-order valence-electron chi connectivity index (χ4n) is 2.15. The number of nitrogens with one attached hydrogen (secondary N) is 1. The van der Waals surface area contributed by atoms with E-state index in [2.05, 4.69) is 19.2 Å². The lowest BCUT2D eigenvalue weighted by molar-refractivity contribution is 0.374. The van der Waals surface area contributed by atoms with Crippen LogP contribution in [0.15, 0.2) is 15.7 Å². The minimum atomic E-state index is -3.31. The maximum Gasteiger partial charge on any atom is 0.252 e. The molecule has 1 aliphatic carbocycles. The Morgan fingerprint density at radius 3 is 2.70 bits per heavy atom. The molecule has 4 nitrogen and oxygen atoms in total. The summed E-state index contributed by atoms with van der Waals surface area (Å²) in [4.78, 5) is 0. The van der Waals surface area contributed by atoms with E-state index in [1.165, 1.54) is 11.3 Å². The van der Waals surface area contributed by atoms with Crippen molar-refractivity contribution in [3.63, 3.8) is 0 Å². The van der Waals surface area contributed by atoms with Crippen LogP contribution >= 0.6 is 11.3 Å². The van der Waals surface area contributed by atoms with Gasteiger partial charge in [0.1, 0.15) is 4.21 Å². The monoisotopic (exact) mass is 316 g/mol. The summed E-state index contributed by atoms with van der Waals surface area (Å²) in [7, 11) is -1.44. The molecule has 1 aromatic heterocycles. The molecule has 0 saturated heterocycles.